The molecule has 2 aromatic heterocycles. The van der Waals surface area contributed by atoms with Crippen molar-refractivity contribution in [3.05, 3.63) is 35.2 Å². The molecule has 0 saturated carbocycles. The van der Waals surface area contributed by atoms with Gasteiger partial charge in [-0.3, -0.25) is 0 Å². The van der Waals surface area contributed by atoms with Crippen LogP contribution in [0.4, 0.5) is 13.2 Å². The number of nitrogens with zero attached hydrogens (tertiary/aromatic N) is 2. The summed E-state index contributed by atoms with van der Waals surface area (Å²) in [6.07, 6.45) is 1.23. The fourth-order valence-electron chi connectivity index (χ4n) is 2.34. The molecule has 0 aromatic carbocycles. The molecule has 22 heavy (non-hydrogen) atoms. The molecule has 0 aliphatic carbocycles. The molecule has 1 unspecified atom stereocenters. The zero-order valence-corrected chi connectivity index (χ0v) is 13.0. The minimum atomic E-state index is -3.08. The van der Waals surface area contributed by atoms with Gasteiger partial charge in [0.05, 0.1) is 0 Å². The SMILES string of the molecule is CC(C)c1oc(CC(C)c2ocnc2C(C)(F)F)nc1CF. The maximum atomic E-state index is 13.5. The van der Waals surface area contributed by atoms with E-state index in [2.05, 4.69) is 9.97 Å². The van der Waals surface area contributed by atoms with Crippen molar-refractivity contribution in [3.63, 3.8) is 0 Å². The molecule has 0 bridgehead atoms. The van der Waals surface area contributed by atoms with Crippen LogP contribution in [0.3, 0.4) is 0 Å². The van der Waals surface area contributed by atoms with Crippen LogP contribution in [0.5, 0.6) is 0 Å². The maximum Gasteiger partial charge on any atom is 0.290 e. The summed E-state index contributed by atoms with van der Waals surface area (Å²) in [7, 11) is 0. The molecule has 0 N–H and O–H groups in total. The summed E-state index contributed by atoms with van der Waals surface area (Å²) in [6.45, 7) is 5.51. The zero-order chi connectivity index (χ0) is 16.5. The van der Waals surface area contributed by atoms with Gasteiger partial charge in [-0.15, -0.1) is 0 Å². The van der Waals surface area contributed by atoms with Crippen LogP contribution in [-0.4, -0.2) is 9.97 Å². The van der Waals surface area contributed by atoms with Crippen molar-refractivity contribution in [2.75, 3.05) is 0 Å². The first-order chi connectivity index (χ1) is 10.2. The molecule has 0 spiro atoms. The van der Waals surface area contributed by atoms with Gasteiger partial charge in [0, 0.05) is 25.2 Å². The van der Waals surface area contributed by atoms with Crippen molar-refractivity contribution in [1.82, 2.24) is 9.97 Å². The Kier molecular flexibility index (Phi) is 4.63. The summed E-state index contributed by atoms with van der Waals surface area (Å²) in [5.41, 5.74) is -0.128. The largest absolute Gasteiger partial charge is 0.448 e. The van der Waals surface area contributed by atoms with Crippen molar-refractivity contribution >= 4 is 0 Å². The highest BCUT2D eigenvalue weighted by Crippen LogP contribution is 2.34. The number of aromatic nitrogens is 2. The molecule has 1 atom stereocenters. The lowest BCUT2D eigenvalue weighted by Gasteiger charge is -2.12. The number of hydrogen-bond donors (Lipinski definition) is 0. The fraction of sp³-hybridized carbons (Fsp3) is 0.600. The first-order valence-electron chi connectivity index (χ1n) is 7.10. The second kappa shape index (κ2) is 6.14. The first-order valence-corrected chi connectivity index (χ1v) is 7.10. The molecule has 7 heteroatoms. The Morgan fingerprint density at radius 3 is 2.41 bits per heavy atom. The van der Waals surface area contributed by atoms with Crippen LogP contribution in [0, 0.1) is 0 Å². The monoisotopic (exact) mass is 316 g/mol. The van der Waals surface area contributed by atoms with Crippen LogP contribution < -0.4 is 0 Å². The zero-order valence-electron chi connectivity index (χ0n) is 13.0. The van der Waals surface area contributed by atoms with Crippen LogP contribution in [0.1, 0.15) is 68.3 Å². The number of hydrogen-bond acceptors (Lipinski definition) is 4. The number of alkyl halides is 3. The predicted octanol–water partition coefficient (Wildman–Crippen LogP) is 4.71. The summed E-state index contributed by atoms with van der Waals surface area (Å²) in [4.78, 5) is 7.69. The van der Waals surface area contributed by atoms with E-state index >= 15 is 0 Å². The van der Waals surface area contributed by atoms with Crippen LogP contribution in [-0.2, 0) is 19.0 Å². The molecule has 122 valence electrons. The van der Waals surface area contributed by atoms with Crippen molar-refractivity contribution in [2.24, 2.45) is 0 Å². The molecule has 0 saturated heterocycles. The third kappa shape index (κ3) is 3.34. The third-order valence-electron chi connectivity index (χ3n) is 3.36. The van der Waals surface area contributed by atoms with Crippen molar-refractivity contribution in [1.29, 1.82) is 0 Å². The molecule has 0 aliphatic heterocycles. The van der Waals surface area contributed by atoms with Crippen molar-refractivity contribution in [2.45, 2.75) is 58.5 Å². The Labute approximate surface area is 126 Å². The molecule has 2 heterocycles. The lowest BCUT2D eigenvalue weighted by Crippen LogP contribution is -2.12. The highest BCUT2D eigenvalue weighted by atomic mass is 19.3. The number of halogens is 3. The minimum Gasteiger partial charge on any atom is -0.448 e. The van der Waals surface area contributed by atoms with Crippen LogP contribution in [0.2, 0.25) is 0 Å². The van der Waals surface area contributed by atoms with Gasteiger partial charge in [0.15, 0.2) is 18.0 Å². The van der Waals surface area contributed by atoms with Gasteiger partial charge < -0.3 is 8.83 Å². The second-order valence-electron chi connectivity index (χ2n) is 5.77. The first kappa shape index (κ1) is 16.6. The Morgan fingerprint density at radius 2 is 1.91 bits per heavy atom. The summed E-state index contributed by atoms with van der Waals surface area (Å²) in [5, 5.41) is 0. The van der Waals surface area contributed by atoms with E-state index in [-0.39, 0.29) is 29.5 Å². The standard InChI is InChI=1S/C15H19F3N2O2/c1-8(2)12-10(6-16)20-11(22-12)5-9(3)13-14(15(4,17)18)19-7-21-13/h7-9H,5-6H2,1-4H3. The predicted molar refractivity (Wildman–Crippen MR) is 73.6 cm³/mol. The van der Waals surface area contributed by atoms with Crippen LogP contribution in [0.15, 0.2) is 15.2 Å². The Hall–Kier alpha value is -1.79. The maximum absolute atomic E-state index is 13.5. The van der Waals surface area contributed by atoms with E-state index in [1.54, 1.807) is 6.92 Å². The van der Waals surface area contributed by atoms with E-state index in [0.717, 1.165) is 13.3 Å². The van der Waals surface area contributed by atoms with Gasteiger partial charge in [0.1, 0.15) is 23.9 Å². The van der Waals surface area contributed by atoms with Crippen LogP contribution >= 0.6 is 0 Å². The molecule has 0 amide bonds. The van der Waals surface area contributed by atoms with Gasteiger partial charge in [-0.2, -0.15) is 8.78 Å². The third-order valence-corrected chi connectivity index (χ3v) is 3.36. The van der Waals surface area contributed by atoms with Crippen molar-refractivity contribution < 1.29 is 22.0 Å². The summed E-state index contributed by atoms with van der Waals surface area (Å²) < 4.78 is 50.5. The van der Waals surface area contributed by atoms with Crippen molar-refractivity contribution in [3.8, 4) is 0 Å². The average molecular weight is 316 g/mol. The molecule has 0 radical (unpaired) electrons. The highest BCUT2D eigenvalue weighted by molar-refractivity contribution is 5.19. The Morgan fingerprint density at radius 1 is 1.23 bits per heavy atom. The van der Waals surface area contributed by atoms with E-state index in [1.165, 1.54) is 0 Å². The molecular formula is C15H19F3N2O2. The fourth-order valence-corrected chi connectivity index (χ4v) is 2.34. The van der Waals surface area contributed by atoms with E-state index in [4.69, 9.17) is 8.83 Å². The Bertz CT molecular complexity index is 629. The lowest BCUT2D eigenvalue weighted by molar-refractivity contribution is 0.0110. The normalized spacial score (nSPS) is 13.8. The molecule has 0 aliphatic rings. The number of rotatable bonds is 6. The molecular weight excluding hydrogens is 297 g/mol. The quantitative estimate of drug-likeness (QED) is 0.774. The molecule has 0 fully saturated rings. The molecule has 2 rings (SSSR count). The van der Waals surface area contributed by atoms with Gasteiger partial charge in [-0.05, 0) is 0 Å². The second-order valence-corrected chi connectivity index (χ2v) is 5.77. The van der Waals surface area contributed by atoms with Gasteiger partial charge >= 0.3 is 0 Å². The Balaban J connectivity index is 2.23. The van der Waals surface area contributed by atoms with Gasteiger partial charge in [0.2, 0.25) is 0 Å². The number of oxazole rings is 2. The molecule has 4 nitrogen and oxygen atoms in total. The summed E-state index contributed by atoms with van der Waals surface area (Å²) in [5.74, 6) is -2.59. The van der Waals surface area contributed by atoms with E-state index in [0.29, 0.717) is 11.7 Å². The van der Waals surface area contributed by atoms with Gasteiger partial charge in [-0.25, -0.2) is 14.4 Å². The smallest absolute Gasteiger partial charge is 0.290 e. The van der Waals surface area contributed by atoms with E-state index < -0.39 is 18.5 Å². The topological polar surface area (TPSA) is 52.1 Å². The minimum absolute atomic E-state index is 0.00289. The molecule has 2 aromatic rings. The summed E-state index contributed by atoms with van der Waals surface area (Å²) in [6, 6.07) is 0. The van der Waals surface area contributed by atoms with Gasteiger partial charge in [0.25, 0.3) is 5.92 Å². The van der Waals surface area contributed by atoms with E-state index in [1.807, 2.05) is 13.8 Å². The lowest BCUT2D eigenvalue weighted by atomic mass is 10.0. The highest BCUT2D eigenvalue weighted by Gasteiger charge is 2.34. The van der Waals surface area contributed by atoms with E-state index in [9.17, 15) is 13.2 Å². The average Bonchev–Trinajstić information content (AvgIpc) is 3.03. The van der Waals surface area contributed by atoms with Crippen LogP contribution in [0.25, 0.3) is 0 Å². The van der Waals surface area contributed by atoms with Gasteiger partial charge in [-0.1, -0.05) is 20.8 Å². The summed E-state index contributed by atoms with van der Waals surface area (Å²) >= 11 is 0.